The first-order chi connectivity index (χ1) is 14.2. The average Bonchev–Trinajstić information content (AvgIpc) is 3.35. The van der Waals surface area contributed by atoms with Gasteiger partial charge in [0.15, 0.2) is 5.65 Å². The molecule has 29 heavy (non-hydrogen) atoms. The average molecular weight is 388 g/mol. The van der Waals surface area contributed by atoms with E-state index < -0.39 is 0 Å². The molecule has 0 aromatic carbocycles. The number of piperidine rings is 1. The Morgan fingerprint density at radius 1 is 1.21 bits per heavy atom. The maximum Gasteiger partial charge on any atom is 0.158 e. The van der Waals surface area contributed by atoms with Gasteiger partial charge >= 0.3 is 0 Å². The van der Waals surface area contributed by atoms with E-state index >= 15 is 0 Å². The Hall–Kier alpha value is -3.19. The van der Waals surface area contributed by atoms with Crippen molar-refractivity contribution >= 4 is 11.5 Å². The maximum atomic E-state index is 6.34. The van der Waals surface area contributed by atoms with Crippen LogP contribution in [0.25, 0.3) is 16.9 Å². The fourth-order valence-electron chi connectivity index (χ4n) is 4.20. The summed E-state index contributed by atoms with van der Waals surface area (Å²) >= 11 is 0. The summed E-state index contributed by atoms with van der Waals surface area (Å²) in [6, 6.07) is 10.0. The number of rotatable bonds is 4. The number of nitrogen functional groups attached to an aromatic ring is 1. The van der Waals surface area contributed by atoms with Gasteiger partial charge in [-0.2, -0.15) is 9.61 Å². The third-order valence-electron chi connectivity index (χ3n) is 5.69. The molecule has 7 heteroatoms. The van der Waals surface area contributed by atoms with E-state index in [0.717, 1.165) is 60.8 Å². The summed E-state index contributed by atoms with van der Waals surface area (Å²) < 4.78 is 7.13. The minimum Gasteiger partial charge on any atom is -0.469 e. The number of hydrogen-bond donors (Lipinski definition) is 1. The van der Waals surface area contributed by atoms with Crippen molar-refractivity contribution in [3.63, 3.8) is 0 Å². The van der Waals surface area contributed by atoms with E-state index in [1.807, 2.05) is 37.5 Å². The Morgan fingerprint density at radius 3 is 2.86 bits per heavy atom. The molecule has 0 unspecified atom stereocenters. The zero-order valence-electron chi connectivity index (χ0n) is 16.5. The van der Waals surface area contributed by atoms with Gasteiger partial charge in [0, 0.05) is 49.1 Å². The van der Waals surface area contributed by atoms with Crippen molar-refractivity contribution in [2.45, 2.75) is 32.2 Å². The van der Waals surface area contributed by atoms with E-state index in [1.54, 1.807) is 10.8 Å². The third kappa shape index (κ3) is 3.49. The van der Waals surface area contributed by atoms with Crippen molar-refractivity contribution in [3.8, 4) is 11.3 Å². The number of fused-ring (bicyclic) bond motifs is 1. The van der Waals surface area contributed by atoms with E-state index in [1.165, 1.54) is 5.56 Å². The van der Waals surface area contributed by atoms with E-state index in [-0.39, 0.29) is 0 Å². The van der Waals surface area contributed by atoms with Crippen LogP contribution in [0.4, 0.5) is 5.82 Å². The van der Waals surface area contributed by atoms with Crippen LogP contribution in [0.3, 0.4) is 0 Å². The quantitative estimate of drug-likeness (QED) is 0.574. The molecule has 2 N–H and O–H groups in total. The van der Waals surface area contributed by atoms with Gasteiger partial charge in [0.1, 0.15) is 11.6 Å². The van der Waals surface area contributed by atoms with Crippen LogP contribution in [-0.4, -0.2) is 37.6 Å². The van der Waals surface area contributed by atoms with Crippen LogP contribution in [-0.2, 0) is 6.54 Å². The monoisotopic (exact) mass is 388 g/mol. The number of pyridine rings is 1. The summed E-state index contributed by atoms with van der Waals surface area (Å²) in [7, 11) is 0. The van der Waals surface area contributed by atoms with Gasteiger partial charge in [0.05, 0.1) is 17.7 Å². The van der Waals surface area contributed by atoms with Crippen LogP contribution in [0.5, 0.6) is 0 Å². The molecule has 0 aliphatic carbocycles. The molecule has 148 valence electrons. The fourth-order valence-corrected chi connectivity index (χ4v) is 4.20. The summed E-state index contributed by atoms with van der Waals surface area (Å²) in [6.07, 6.45) is 7.66. The second-order valence-corrected chi connectivity index (χ2v) is 7.73. The van der Waals surface area contributed by atoms with Gasteiger partial charge in [-0.25, -0.2) is 4.98 Å². The van der Waals surface area contributed by atoms with Gasteiger partial charge in [-0.15, -0.1) is 0 Å². The summed E-state index contributed by atoms with van der Waals surface area (Å²) in [6.45, 7) is 4.95. The van der Waals surface area contributed by atoms with Gasteiger partial charge in [-0.05, 0) is 50.1 Å². The van der Waals surface area contributed by atoms with Crippen LogP contribution >= 0.6 is 0 Å². The van der Waals surface area contributed by atoms with E-state index in [0.29, 0.717) is 11.7 Å². The number of furan rings is 1. The second-order valence-electron chi connectivity index (χ2n) is 7.73. The lowest BCUT2D eigenvalue weighted by Gasteiger charge is -2.32. The SMILES string of the molecule is Cc1occc1-c1cc2nc([C@H]3CCCN(Cc4ccncc4)C3)cc(N)n2n1. The Kier molecular flexibility index (Phi) is 4.52. The molecule has 1 atom stereocenters. The molecular weight excluding hydrogens is 364 g/mol. The molecule has 1 aliphatic rings. The molecule has 0 radical (unpaired) electrons. The molecule has 1 aliphatic heterocycles. The largest absolute Gasteiger partial charge is 0.469 e. The van der Waals surface area contributed by atoms with Crippen molar-refractivity contribution in [2.24, 2.45) is 0 Å². The van der Waals surface area contributed by atoms with Gasteiger partial charge < -0.3 is 10.2 Å². The molecule has 5 heterocycles. The molecule has 7 nitrogen and oxygen atoms in total. The molecular formula is C22H24N6O. The van der Waals surface area contributed by atoms with Crippen LogP contribution in [0.15, 0.2) is 53.4 Å². The molecule has 1 fully saturated rings. The first-order valence-corrected chi connectivity index (χ1v) is 9.99. The Balaban J connectivity index is 1.41. The number of nitrogens with zero attached hydrogens (tertiary/aromatic N) is 5. The van der Waals surface area contributed by atoms with Gasteiger partial charge in [0.25, 0.3) is 0 Å². The normalized spacial score (nSPS) is 17.8. The number of likely N-dealkylation sites (tertiary alicyclic amines) is 1. The Morgan fingerprint density at radius 2 is 2.07 bits per heavy atom. The lowest BCUT2D eigenvalue weighted by atomic mass is 9.94. The minimum atomic E-state index is 0.367. The minimum absolute atomic E-state index is 0.367. The summed E-state index contributed by atoms with van der Waals surface area (Å²) in [4.78, 5) is 11.5. The molecule has 0 bridgehead atoms. The highest BCUT2D eigenvalue weighted by Crippen LogP contribution is 2.30. The molecule has 0 saturated carbocycles. The van der Waals surface area contributed by atoms with Crippen molar-refractivity contribution in [3.05, 3.63) is 66.0 Å². The van der Waals surface area contributed by atoms with Crippen molar-refractivity contribution in [1.29, 1.82) is 0 Å². The molecule has 0 amide bonds. The van der Waals surface area contributed by atoms with E-state index in [9.17, 15) is 0 Å². The smallest absolute Gasteiger partial charge is 0.158 e. The summed E-state index contributed by atoms with van der Waals surface area (Å²) in [5, 5.41) is 4.63. The summed E-state index contributed by atoms with van der Waals surface area (Å²) in [5.74, 6) is 1.82. The van der Waals surface area contributed by atoms with Crippen LogP contribution in [0, 0.1) is 6.92 Å². The first kappa shape index (κ1) is 17.9. The van der Waals surface area contributed by atoms with E-state index in [2.05, 4.69) is 27.1 Å². The predicted molar refractivity (Wildman–Crippen MR) is 111 cm³/mol. The third-order valence-corrected chi connectivity index (χ3v) is 5.69. The number of aryl methyl sites for hydroxylation is 1. The zero-order chi connectivity index (χ0) is 19.8. The lowest BCUT2D eigenvalue weighted by Crippen LogP contribution is -2.34. The fraction of sp³-hybridized carbons (Fsp3) is 0.318. The molecule has 1 saturated heterocycles. The topological polar surface area (TPSA) is 85.5 Å². The van der Waals surface area contributed by atoms with Crippen LogP contribution in [0.1, 0.15) is 35.8 Å². The molecule has 4 aromatic rings. The van der Waals surface area contributed by atoms with Crippen molar-refractivity contribution in [2.75, 3.05) is 18.8 Å². The molecule has 4 aromatic heterocycles. The molecule has 0 spiro atoms. The number of hydrogen-bond acceptors (Lipinski definition) is 6. The van der Waals surface area contributed by atoms with Crippen LogP contribution < -0.4 is 5.73 Å². The Labute approximate surface area is 169 Å². The second kappa shape index (κ2) is 7.33. The highest BCUT2D eigenvalue weighted by molar-refractivity contribution is 5.66. The van der Waals surface area contributed by atoms with Crippen molar-refractivity contribution in [1.82, 2.24) is 24.5 Å². The maximum absolute atomic E-state index is 6.34. The zero-order valence-corrected chi connectivity index (χ0v) is 16.5. The van der Waals surface area contributed by atoms with Crippen LogP contribution in [0.2, 0.25) is 0 Å². The van der Waals surface area contributed by atoms with E-state index in [4.69, 9.17) is 15.1 Å². The Bertz CT molecular complexity index is 1130. The number of aromatic nitrogens is 4. The number of nitrogens with two attached hydrogens (primary N) is 1. The van der Waals surface area contributed by atoms with Gasteiger partial charge in [-0.3, -0.25) is 9.88 Å². The molecule has 5 rings (SSSR count). The lowest BCUT2D eigenvalue weighted by molar-refractivity contribution is 0.198. The van der Waals surface area contributed by atoms with Gasteiger partial charge in [-0.1, -0.05) is 0 Å². The first-order valence-electron chi connectivity index (χ1n) is 9.99. The standard InChI is InChI=1S/C22H24N6O/c1-15-18(6-10-29-15)20-12-22-25-19(11-21(23)28(22)26-20)17-3-2-9-27(14-17)13-16-4-7-24-8-5-16/h4-8,10-12,17H,2-3,9,13-14,23H2,1H3/t17-/m0/s1. The summed E-state index contributed by atoms with van der Waals surface area (Å²) in [5.41, 5.74) is 11.3. The van der Waals surface area contributed by atoms with Crippen molar-refractivity contribution < 1.29 is 4.42 Å². The predicted octanol–water partition coefficient (Wildman–Crippen LogP) is 3.65. The highest BCUT2D eigenvalue weighted by Gasteiger charge is 2.24. The number of anilines is 1. The van der Waals surface area contributed by atoms with Gasteiger partial charge in [0.2, 0.25) is 0 Å². The highest BCUT2D eigenvalue weighted by atomic mass is 16.3.